The quantitative estimate of drug-likeness (QED) is 0.917. The molecule has 0 saturated heterocycles. The minimum Gasteiger partial charge on any atom is -0.497 e. The number of carbonyl (C=O) groups excluding carboxylic acids is 1. The number of benzene rings is 2. The number of carbonyl (C=O) groups is 1. The average Bonchev–Trinajstić information content (AvgIpc) is 2.50. The molecule has 0 heterocycles. The third-order valence-electron chi connectivity index (χ3n) is 3.27. The number of aryl methyl sites for hydroxylation is 1. The van der Waals surface area contributed by atoms with Crippen LogP contribution < -0.4 is 10.1 Å². The van der Waals surface area contributed by atoms with Crippen LogP contribution in [0.25, 0.3) is 0 Å². The highest BCUT2D eigenvalue weighted by atomic mass is 19.1. The second-order valence-corrected chi connectivity index (χ2v) is 4.79. The maximum absolute atomic E-state index is 13.8. The van der Waals surface area contributed by atoms with E-state index in [0.717, 1.165) is 11.3 Å². The molecule has 2 aromatic rings. The van der Waals surface area contributed by atoms with Crippen LogP contribution in [0.1, 0.15) is 21.5 Å². The van der Waals surface area contributed by atoms with Gasteiger partial charge < -0.3 is 10.1 Å². The van der Waals surface area contributed by atoms with Crippen molar-refractivity contribution in [2.45, 2.75) is 13.3 Å². The average molecular weight is 287 g/mol. The third kappa shape index (κ3) is 3.81. The van der Waals surface area contributed by atoms with Crippen LogP contribution in [0.5, 0.6) is 5.75 Å². The number of amides is 1. The van der Waals surface area contributed by atoms with Crippen molar-refractivity contribution in [3.8, 4) is 5.75 Å². The molecular formula is C17H18FNO2. The van der Waals surface area contributed by atoms with Gasteiger partial charge >= 0.3 is 0 Å². The van der Waals surface area contributed by atoms with Crippen LogP contribution in [0.15, 0.2) is 42.5 Å². The fourth-order valence-corrected chi connectivity index (χ4v) is 2.07. The molecule has 21 heavy (non-hydrogen) atoms. The lowest BCUT2D eigenvalue weighted by molar-refractivity contribution is 0.0950. The Labute approximate surface area is 123 Å². The van der Waals surface area contributed by atoms with E-state index in [9.17, 15) is 9.18 Å². The van der Waals surface area contributed by atoms with Crippen LogP contribution in [-0.4, -0.2) is 19.6 Å². The second-order valence-electron chi connectivity index (χ2n) is 4.79. The summed E-state index contributed by atoms with van der Waals surface area (Å²) in [4.78, 5) is 12.0. The molecule has 1 N–H and O–H groups in total. The Morgan fingerprint density at radius 3 is 2.76 bits per heavy atom. The molecular weight excluding hydrogens is 269 g/mol. The van der Waals surface area contributed by atoms with Gasteiger partial charge in [0.15, 0.2) is 0 Å². The molecule has 2 rings (SSSR count). The normalized spacial score (nSPS) is 10.2. The van der Waals surface area contributed by atoms with Gasteiger partial charge in [0.2, 0.25) is 0 Å². The van der Waals surface area contributed by atoms with E-state index < -0.39 is 5.82 Å². The molecule has 2 aromatic carbocycles. The standard InChI is InChI=1S/C17H18FNO2/c1-12-5-3-8-15(16(12)18)17(20)19-10-9-13-6-4-7-14(11-13)21-2/h3-8,11H,9-10H2,1-2H3,(H,19,20). The summed E-state index contributed by atoms with van der Waals surface area (Å²) in [7, 11) is 1.61. The molecule has 0 unspecified atom stereocenters. The summed E-state index contributed by atoms with van der Waals surface area (Å²) in [5, 5.41) is 2.73. The molecule has 4 heteroatoms. The SMILES string of the molecule is COc1cccc(CCNC(=O)c2cccc(C)c2F)c1. The molecule has 0 saturated carbocycles. The number of methoxy groups -OCH3 is 1. The molecule has 0 atom stereocenters. The maximum atomic E-state index is 13.8. The molecule has 0 fully saturated rings. The molecule has 0 aliphatic carbocycles. The van der Waals surface area contributed by atoms with Crippen LogP contribution in [0, 0.1) is 12.7 Å². The lowest BCUT2D eigenvalue weighted by Gasteiger charge is -2.08. The monoisotopic (exact) mass is 287 g/mol. The minimum atomic E-state index is -0.462. The predicted molar refractivity (Wildman–Crippen MR) is 80.2 cm³/mol. The van der Waals surface area contributed by atoms with Crippen molar-refractivity contribution in [3.05, 3.63) is 65.0 Å². The van der Waals surface area contributed by atoms with E-state index in [0.29, 0.717) is 18.5 Å². The Balaban J connectivity index is 1.94. The fraction of sp³-hybridized carbons (Fsp3) is 0.235. The Bertz CT molecular complexity index is 640. The Hall–Kier alpha value is -2.36. The number of halogens is 1. The summed E-state index contributed by atoms with van der Waals surface area (Å²) in [6.07, 6.45) is 0.663. The van der Waals surface area contributed by atoms with Crippen molar-refractivity contribution in [1.29, 1.82) is 0 Å². The first kappa shape index (κ1) is 15.0. The van der Waals surface area contributed by atoms with Gasteiger partial charge in [-0.15, -0.1) is 0 Å². The number of hydrogen-bond acceptors (Lipinski definition) is 2. The second kappa shape index (κ2) is 6.88. The lowest BCUT2D eigenvalue weighted by Crippen LogP contribution is -2.26. The maximum Gasteiger partial charge on any atom is 0.254 e. The molecule has 0 radical (unpaired) electrons. The number of nitrogens with one attached hydrogen (secondary N) is 1. The van der Waals surface area contributed by atoms with Gasteiger partial charge in [0.1, 0.15) is 11.6 Å². The van der Waals surface area contributed by atoms with Gasteiger partial charge in [0.25, 0.3) is 5.91 Å². The summed E-state index contributed by atoms with van der Waals surface area (Å²) in [6, 6.07) is 12.4. The lowest BCUT2D eigenvalue weighted by atomic mass is 10.1. The van der Waals surface area contributed by atoms with Gasteiger partial charge in [-0.2, -0.15) is 0 Å². The molecule has 0 spiro atoms. The first-order valence-corrected chi connectivity index (χ1v) is 6.78. The van der Waals surface area contributed by atoms with Crippen LogP contribution in [0.2, 0.25) is 0 Å². The van der Waals surface area contributed by atoms with Gasteiger partial charge in [-0.25, -0.2) is 4.39 Å². The zero-order chi connectivity index (χ0) is 15.2. The molecule has 0 aliphatic rings. The van der Waals surface area contributed by atoms with Crippen molar-refractivity contribution in [3.63, 3.8) is 0 Å². The summed E-state index contributed by atoms with van der Waals surface area (Å²) in [5.74, 6) is -0.0703. The number of rotatable bonds is 5. The van der Waals surface area contributed by atoms with Gasteiger partial charge in [-0.3, -0.25) is 4.79 Å². The van der Waals surface area contributed by atoms with Gasteiger partial charge in [-0.05, 0) is 42.7 Å². The van der Waals surface area contributed by atoms with E-state index >= 15 is 0 Å². The van der Waals surface area contributed by atoms with Gasteiger partial charge in [-0.1, -0.05) is 24.3 Å². The highest BCUT2D eigenvalue weighted by molar-refractivity contribution is 5.94. The van der Waals surface area contributed by atoms with Crippen molar-refractivity contribution in [1.82, 2.24) is 5.32 Å². The van der Waals surface area contributed by atoms with Gasteiger partial charge in [0.05, 0.1) is 12.7 Å². The van der Waals surface area contributed by atoms with E-state index in [1.807, 2.05) is 24.3 Å². The fourth-order valence-electron chi connectivity index (χ4n) is 2.07. The highest BCUT2D eigenvalue weighted by Crippen LogP contribution is 2.13. The molecule has 0 aliphatic heterocycles. The van der Waals surface area contributed by atoms with Crippen LogP contribution >= 0.6 is 0 Å². The van der Waals surface area contributed by atoms with Crippen LogP contribution in [-0.2, 0) is 6.42 Å². The molecule has 1 amide bonds. The zero-order valence-corrected chi connectivity index (χ0v) is 12.2. The van der Waals surface area contributed by atoms with Crippen LogP contribution in [0.4, 0.5) is 4.39 Å². The zero-order valence-electron chi connectivity index (χ0n) is 12.2. The Morgan fingerprint density at radius 1 is 1.24 bits per heavy atom. The highest BCUT2D eigenvalue weighted by Gasteiger charge is 2.12. The third-order valence-corrected chi connectivity index (χ3v) is 3.27. The molecule has 3 nitrogen and oxygen atoms in total. The van der Waals surface area contributed by atoms with E-state index in [1.165, 1.54) is 6.07 Å². The molecule has 0 aromatic heterocycles. The Morgan fingerprint density at radius 2 is 2.00 bits per heavy atom. The summed E-state index contributed by atoms with van der Waals surface area (Å²) in [5.41, 5.74) is 1.61. The van der Waals surface area contributed by atoms with E-state index in [1.54, 1.807) is 26.2 Å². The molecule has 0 bridgehead atoms. The van der Waals surface area contributed by atoms with Gasteiger partial charge in [0, 0.05) is 6.54 Å². The summed E-state index contributed by atoms with van der Waals surface area (Å²) < 4.78 is 19.0. The molecule has 110 valence electrons. The van der Waals surface area contributed by atoms with E-state index in [4.69, 9.17) is 4.74 Å². The summed E-state index contributed by atoms with van der Waals surface area (Å²) >= 11 is 0. The topological polar surface area (TPSA) is 38.3 Å². The summed E-state index contributed by atoms with van der Waals surface area (Å²) in [6.45, 7) is 2.09. The van der Waals surface area contributed by atoms with E-state index in [2.05, 4.69) is 5.32 Å². The van der Waals surface area contributed by atoms with Crippen molar-refractivity contribution >= 4 is 5.91 Å². The predicted octanol–water partition coefficient (Wildman–Crippen LogP) is 3.12. The van der Waals surface area contributed by atoms with E-state index in [-0.39, 0.29) is 11.5 Å². The van der Waals surface area contributed by atoms with Crippen molar-refractivity contribution < 1.29 is 13.9 Å². The number of ether oxygens (including phenoxy) is 1. The van der Waals surface area contributed by atoms with Crippen LogP contribution in [0.3, 0.4) is 0 Å². The van der Waals surface area contributed by atoms with Crippen molar-refractivity contribution in [2.24, 2.45) is 0 Å². The Kier molecular flexibility index (Phi) is 4.93. The van der Waals surface area contributed by atoms with Crippen molar-refractivity contribution in [2.75, 3.05) is 13.7 Å². The first-order chi connectivity index (χ1) is 10.1. The first-order valence-electron chi connectivity index (χ1n) is 6.78. The smallest absolute Gasteiger partial charge is 0.254 e. The minimum absolute atomic E-state index is 0.0839. The largest absolute Gasteiger partial charge is 0.497 e. The number of hydrogen-bond donors (Lipinski definition) is 1.